The predicted molar refractivity (Wildman–Crippen MR) is 59.5 cm³/mol. The van der Waals surface area contributed by atoms with Crippen molar-refractivity contribution in [1.29, 1.82) is 0 Å². The van der Waals surface area contributed by atoms with Crippen LogP contribution in [0.3, 0.4) is 0 Å². The molecule has 0 spiro atoms. The van der Waals surface area contributed by atoms with Crippen LogP contribution in [0.2, 0.25) is 0 Å². The Morgan fingerprint density at radius 2 is 1.31 bits per heavy atom. The van der Waals surface area contributed by atoms with Crippen LogP contribution in [0.15, 0.2) is 4.99 Å². The Morgan fingerprint density at radius 3 is 2.00 bits per heavy atom. The van der Waals surface area contributed by atoms with Crippen molar-refractivity contribution in [3.8, 4) is 0 Å². The summed E-state index contributed by atoms with van der Waals surface area (Å²) in [7, 11) is 0. The Kier molecular flexibility index (Phi) is 5.88. The van der Waals surface area contributed by atoms with Crippen molar-refractivity contribution in [2.75, 3.05) is 6.54 Å². The fourth-order valence-electron chi connectivity index (χ4n) is 1.90. The zero-order valence-corrected chi connectivity index (χ0v) is 9.02. The fourth-order valence-corrected chi connectivity index (χ4v) is 1.90. The Balaban J connectivity index is 2.23. The smallest absolute Gasteiger partial charge is 0.0388 e. The summed E-state index contributed by atoms with van der Waals surface area (Å²) in [4.78, 5) is 4.57. The van der Waals surface area contributed by atoms with Gasteiger partial charge in [0.1, 0.15) is 0 Å². The molecule has 0 aromatic heterocycles. The standard InChI is InChI=1S/C12H23N/c1-12-10-8-6-4-2-3-5-7-9-11-13-12/h2-11H2,1H3. The van der Waals surface area contributed by atoms with Crippen LogP contribution in [-0.4, -0.2) is 12.3 Å². The largest absolute Gasteiger partial charge is 0.294 e. The average Bonchev–Trinajstić information content (AvgIpc) is 2.11. The lowest BCUT2D eigenvalue weighted by Crippen LogP contribution is -1.95. The van der Waals surface area contributed by atoms with Crippen molar-refractivity contribution in [3.05, 3.63) is 0 Å². The number of hydrogen-bond acceptors (Lipinski definition) is 1. The summed E-state index contributed by atoms with van der Waals surface area (Å²) in [5.74, 6) is 0. The molecule has 0 aromatic rings. The SMILES string of the molecule is CC1=NCCCCCCCCCC1. The first-order valence-electron chi connectivity index (χ1n) is 5.89. The molecule has 0 unspecified atom stereocenters. The Bertz CT molecular complexity index is 149. The molecule has 0 radical (unpaired) electrons. The van der Waals surface area contributed by atoms with Crippen molar-refractivity contribution < 1.29 is 0 Å². The summed E-state index contributed by atoms with van der Waals surface area (Å²) in [6, 6.07) is 0. The maximum atomic E-state index is 4.57. The minimum absolute atomic E-state index is 1.08. The quantitative estimate of drug-likeness (QED) is 0.536. The second-order valence-electron chi connectivity index (χ2n) is 4.20. The van der Waals surface area contributed by atoms with Crippen molar-refractivity contribution in [2.45, 2.75) is 64.7 Å². The van der Waals surface area contributed by atoms with Crippen molar-refractivity contribution >= 4 is 5.71 Å². The summed E-state index contributed by atoms with van der Waals surface area (Å²) < 4.78 is 0. The van der Waals surface area contributed by atoms with Crippen LogP contribution in [0.5, 0.6) is 0 Å². The summed E-state index contributed by atoms with van der Waals surface area (Å²) in [6.45, 7) is 3.26. The van der Waals surface area contributed by atoms with E-state index < -0.39 is 0 Å². The summed E-state index contributed by atoms with van der Waals surface area (Å²) in [6.07, 6.45) is 12.5. The van der Waals surface area contributed by atoms with Gasteiger partial charge in [0.25, 0.3) is 0 Å². The van der Waals surface area contributed by atoms with Gasteiger partial charge in [0.2, 0.25) is 0 Å². The van der Waals surface area contributed by atoms with E-state index in [4.69, 9.17) is 0 Å². The third-order valence-electron chi connectivity index (χ3n) is 2.83. The highest BCUT2D eigenvalue weighted by Gasteiger charge is 1.96. The summed E-state index contributed by atoms with van der Waals surface area (Å²) >= 11 is 0. The maximum absolute atomic E-state index is 4.57. The topological polar surface area (TPSA) is 12.4 Å². The molecule has 1 aliphatic rings. The second-order valence-corrected chi connectivity index (χ2v) is 4.20. The van der Waals surface area contributed by atoms with Crippen molar-refractivity contribution in [2.24, 2.45) is 4.99 Å². The van der Waals surface area contributed by atoms with Crippen LogP contribution in [0, 0.1) is 0 Å². The lowest BCUT2D eigenvalue weighted by Gasteiger charge is -2.05. The second kappa shape index (κ2) is 7.11. The van der Waals surface area contributed by atoms with E-state index in [1.165, 1.54) is 63.5 Å². The number of nitrogens with zero attached hydrogens (tertiary/aromatic N) is 1. The Labute approximate surface area is 82.6 Å². The highest BCUT2D eigenvalue weighted by molar-refractivity contribution is 5.81. The van der Waals surface area contributed by atoms with Gasteiger partial charge in [-0.1, -0.05) is 38.5 Å². The van der Waals surface area contributed by atoms with Gasteiger partial charge in [-0.15, -0.1) is 0 Å². The molecule has 1 heterocycles. The van der Waals surface area contributed by atoms with Gasteiger partial charge in [0.05, 0.1) is 0 Å². The Morgan fingerprint density at radius 1 is 0.769 bits per heavy atom. The normalized spacial score (nSPS) is 22.7. The van der Waals surface area contributed by atoms with Crippen LogP contribution in [0.4, 0.5) is 0 Å². The van der Waals surface area contributed by atoms with Gasteiger partial charge < -0.3 is 0 Å². The molecule has 0 fully saturated rings. The first-order chi connectivity index (χ1) is 6.39. The van der Waals surface area contributed by atoms with Gasteiger partial charge in [-0.2, -0.15) is 0 Å². The molecule has 0 saturated heterocycles. The van der Waals surface area contributed by atoms with E-state index in [9.17, 15) is 0 Å². The van der Waals surface area contributed by atoms with Crippen LogP contribution in [-0.2, 0) is 0 Å². The van der Waals surface area contributed by atoms with Gasteiger partial charge in [0, 0.05) is 12.3 Å². The third-order valence-corrected chi connectivity index (χ3v) is 2.83. The molecule has 1 rings (SSSR count). The summed E-state index contributed by atoms with van der Waals surface area (Å²) in [5.41, 5.74) is 1.38. The van der Waals surface area contributed by atoms with Crippen LogP contribution in [0.1, 0.15) is 64.7 Å². The van der Waals surface area contributed by atoms with Gasteiger partial charge in [-0.25, -0.2) is 0 Å². The molecule has 0 N–H and O–H groups in total. The molecular weight excluding hydrogens is 158 g/mol. The van der Waals surface area contributed by atoms with Crippen LogP contribution >= 0.6 is 0 Å². The third kappa shape index (κ3) is 5.84. The van der Waals surface area contributed by atoms with Gasteiger partial charge in [-0.3, -0.25) is 4.99 Å². The molecule has 0 atom stereocenters. The summed E-state index contributed by atoms with van der Waals surface area (Å²) in [5, 5.41) is 0. The average molecular weight is 181 g/mol. The first-order valence-corrected chi connectivity index (χ1v) is 5.89. The van der Waals surface area contributed by atoms with Crippen LogP contribution in [0.25, 0.3) is 0 Å². The molecule has 0 bridgehead atoms. The highest BCUT2D eigenvalue weighted by Crippen LogP contribution is 2.11. The molecule has 0 amide bonds. The van der Waals surface area contributed by atoms with E-state index in [1.54, 1.807) is 0 Å². The minimum atomic E-state index is 1.08. The van der Waals surface area contributed by atoms with Crippen LogP contribution < -0.4 is 0 Å². The van der Waals surface area contributed by atoms with E-state index in [0.29, 0.717) is 0 Å². The maximum Gasteiger partial charge on any atom is 0.0388 e. The predicted octanol–water partition coefficient (Wildman–Crippen LogP) is 3.97. The highest BCUT2D eigenvalue weighted by atomic mass is 14.7. The first kappa shape index (κ1) is 10.7. The van der Waals surface area contributed by atoms with Gasteiger partial charge >= 0.3 is 0 Å². The zero-order chi connectivity index (χ0) is 9.36. The molecule has 0 aromatic carbocycles. The van der Waals surface area contributed by atoms with E-state index >= 15 is 0 Å². The molecule has 1 aliphatic heterocycles. The molecule has 1 heteroatoms. The fraction of sp³-hybridized carbons (Fsp3) is 0.917. The lowest BCUT2D eigenvalue weighted by molar-refractivity contribution is 0.569. The molecule has 13 heavy (non-hydrogen) atoms. The van der Waals surface area contributed by atoms with Gasteiger partial charge in [-0.05, 0) is 26.2 Å². The lowest BCUT2D eigenvalue weighted by atomic mass is 10.1. The molecule has 1 nitrogen and oxygen atoms in total. The molecule has 0 saturated carbocycles. The molecule has 76 valence electrons. The van der Waals surface area contributed by atoms with E-state index in [-0.39, 0.29) is 0 Å². The number of hydrogen-bond donors (Lipinski definition) is 0. The van der Waals surface area contributed by atoms with E-state index in [1.807, 2.05) is 0 Å². The number of aliphatic imine (C=N–C) groups is 1. The van der Waals surface area contributed by atoms with E-state index in [2.05, 4.69) is 11.9 Å². The number of rotatable bonds is 0. The molecule has 0 aliphatic carbocycles. The minimum Gasteiger partial charge on any atom is -0.294 e. The zero-order valence-electron chi connectivity index (χ0n) is 9.02. The molecular formula is C12H23N. The van der Waals surface area contributed by atoms with Crippen molar-refractivity contribution in [1.82, 2.24) is 0 Å². The van der Waals surface area contributed by atoms with E-state index in [0.717, 1.165) is 6.54 Å². The Hall–Kier alpha value is -0.330. The van der Waals surface area contributed by atoms with Gasteiger partial charge in [0.15, 0.2) is 0 Å². The van der Waals surface area contributed by atoms with Crippen molar-refractivity contribution in [3.63, 3.8) is 0 Å². The monoisotopic (exact) mass is 181 g/mol.